The van der Waals surface area contributed by atoms with Crippen LogP contribution in [0.3, 0.4) is 0 Å². The molecule has 98 valence electrons. The molecule has 0 saturated carbocycles. The Bertz CT molecular complexity index is 406. The quantitative estimate of drug-likeness (QED) is 0.620. The van der Waals surface area contributed by atoms with Crippen LogP contribution in [0, 0.1) is 0 Å². The van der Waals surface area contributed by atoms with Crippen molar-refractivity contribution in [2.75, 3.05) is 0 Å². The molecule has 0 heterocycles. The van der Waals surface area contributed by atoms with Gasteiger partial charge in [0.15, 0.2) is 0 Å². The number of phenolic OH excluding ortho intramolecular Hbond substituents is 1. The SMILES string of the molecule is C[C@@H](O)C[C@H](C)OC(=O)C=Cc1ccc(O)cc1. The van der Waals surface area contributed by atoms with E-state index in [4.69, 9.17) is 14.9 Å². The normalized spacial score (nSPS) is 14.4. The van der Waals surface area contributed by atoms with E-state index in [0.29, 0.717) is 6.42 Å². The topological polar surface area (TPSA) is 66.8 Å². The highest BCUT2D eigenvalue weighted by Gasteiger charge is 2.09. The van der Waals surface area contributed by atoms with Crippen LogP contribution in [-0.2, 0) is 9.53 Å². The minimum Gasteiger partial charge on any atom is -0.508 e. The van der Waals surface area contributed by atoms with E-state index in [-0.39, 0.29) is 11.9 Å². The maximum absolute atomic E-state index is 11.4. The maximum Gasteiger partial charge on any atom is 0.331 e. The molecule has 4 heteroatoms. The van der Waals surface area contributed by atoms with Gasteiger partial charge in [-0.05, 0) is 37.6 Å². The van der Waals surface area contributed by atoms with Gasteiger partial charge >= 0.3 is 5.97 Å². The molecular formula is C14H18O4. The molecule has 0 aliphatic heterocycles. The molecule has 0 fully saturated rings. The average Bonchev–Trinajstić information content (AvgIpc) is 2.27. The molecule has 0 spiro atoms. The molecule has 0 amide bonds. The van der Waals surface area contributed by atoms with E-state index in [1.807, 2.05) is 0 Å². The van der Waals surface area contributed by atoms with Gasteiger partial charge < -0.3 is 14.9 Å². The van der Waals surface area contributed by atoms with Gasteiger partial charge in [0, 0.05) is 12.5 Å². The second-order valence-corrected chi connectivity index (χ2v) is 4.26. The fourth-order valence-electron chi connectivity index (χ4n) is 1.52. The summed E-state index contributed by atoms with van der Waals surface area (Å²) in [6.07, 6.45) is 2.54. The first-order valence-corrected chi connectivity index (χ1v) is 5.83. The van der Waals surface area contributed by atoms with Crippen molar-refractivity contribution in [3.63, 3.8) is 0 Å². The van der Waals surface area contributed by atoms with Crippen molar-refractivity contribution < 1.29 is 19.7 Å². The van der Waals surface area contributed by atoms with Crippen molar-refractivity contribution in [3.05, 3.63) is 35.9 Å². The Labute approximate surface area is 107 Å². The molecule has 0 unspecified atom stereocenters. The highest BCUT2D eigenvalue weighted by atomic mass is 16.5. The molecule has 2 N–H and O–H groups in total. The number of carbonyl (C=O) groups is 1. The van der Waals surface area contributed by atoms with Gasteiger partial charge in [-0.3, -0.25) is 0 Å². The van der Waals surface area contributed by atoms with Crippen LogP contribution >= 0.6 is 0 Å². The third kappa shape index (κ3) is 5.50. The highest BCUT2D eigenvalue weighted by Crippen LogP contribution is 2.11. The number of esters is 1. The summed E-state index contributed by atoms with van der Waals surface area (Å²) in [4.78, 5) is 11.4. The monoisotopic (exact) mass is 250 g/mol. The van der Waals surface area contributed by atoms with E-state index in [2.05, 4.69) is 0 Å². The summed E-state index contributed by atoms with van der Waals surface area (Å²) in [5.74, 6) is -0.267. The lowest BCUT2D eigenvalue weighted by Crippen LogP contribution is -2.18. The lowest BCUT2D eigenvalue weighted by molar-refractivity contribution is -0.143. The van der Waals surface area contributed by atoms with Gasteiger partial charge in [0.2, 0.25) is 0 Å². The Hall–Kier alpha value is -1.81. The number of aliphatic hydroxyl groups is 1. The van der Waals surface area contributed by atoms with E-state index in [1.165, 1.54) is 6.08 Å². The standard InChI is InChI=1S/C14H18O4/c1-10(15)9-11(2)18-14(17)8-5-12-3-6-13(16)7-4-12/h3-8,10-11,15-16H,9H2,1-2H3/t10-,11+/m1/s1. The number of hydrogen-bond donors (Lipinski definition) is 2. The molecule has 0 aliphatic carbocycles. The zero-order valence-corrected chi connectivity index (χ0v) is 10.5. The summed E-state index contributed by atoms with van der Waals surface area (Å²) < 4.78 is 5.07. The molecule has 1 aromatic carbocycles. The van der Waals surface area contributed by atoms with Crippen LogP contribution in [0.2, 0.25) is 0 Å². The molecule has 0 aromatic heterocycles. The fourth-order valence-corrected chi connectivity index (χ4v) is 1.52. The van der Waals surface area contributed by atoms with Gasteiger partial charge in [-0.2, -0.15) is 0 Å². The number of ether oxygens (including phenoxy) is 1. The van der Waals surface area contributed by atoms with Crippen molar-refractivity contribution in [2.45, 2.75) is 32.5 Å². The van der Waals surface area contributed by atoms with Gasteiger partial charge in [-0.25, -0.2) is 4.79 Å². The van der Waals surface area contributed by atoms with E-state index in [9.17, 15) is 4.79 Å². The molecule has 2 atom stereocenters. The van der Waals surface area contributed by atoms with Crippen LogP contribution in [0.4, 0.5) is 0 Å². The predicted octanol–water partition coefficient (Wildman–Crippen LogP) is 2.11. The van der Waals surface area contributed by atoms with Crippen molar-refractivity contribution in [1.82, 2.24) is 0 Å². The molecule has 4 nitrogen and oxygen atoms in total. The Morgan fingerprint density at radius 1 is 1.33 bits per heavy atom. The van der Waals surface area contributed by atoms with Gasteiger partial charge in [-0.15, -0.1) is 0 Å². The molecule has 1 rings (SSSR count). The predicted molar refractivity (Wildman–Crippen MR) is 69.0 cm³/mol. The Balaban J connectivity index is 2.46. The first-order chi connectivity index (χ1) is 8.47. The molecule has 0 saturated heterocycles. The van der Waals surface area contributed by atoms with Crippen molar-refractivity contribution in [3.8, 4) is 5.75 Å². The van der Waals surface area contributed by atoms with Crippen molar-refractivity contribution in [2.24, 2.45) is 0 Å². The zero-order chi connectivity index (χ0) is 13.5. The number of benzene rings is 1. The van der Waals surface area contributed by atoms with E-state index >= 15 is 0 Å². The summed E-state index contributed by atoms with van der Waals surface area (Å²) in [6, 6.07) is 6.47. The Kier molecular flexibility index (Phi) is 5.39. The van der Waals surface area contributed by atoms with Gasteiger partial charge in [0.25, 0.3) is 0 Å². The number of aliphatic hydroxyl groups excluding tert-OH is 1. The third-order valence-electron chi connectivity index (χ3n) is 2.30. The Morgan fingerprint density at radius 2 is 1.94 bits per heavy atom. The number of rotatable bonds is 5. The van der Waals surface area contributed by atoms with Crippen LogP contribution in [0.25, 0.3) is 6.08 Å². The van der Waals surface area contributed by atoms with Gasteiger partial charge in [0.1, 0.15) is 11.9 Å². The molecule has 0 aliphatic rings. The van der Waals surface area contributed by atoms with Crippen LogP contribution < -0.4 is 0 Å². The lowest BCUT2D eigenvalue weighted by Gasteiger charge is -2.13. The molecule has 0 radical (unpaired) electrons. The van der Waals surface area contributed by atoms with Gasteiger partial charge in [0.05, 0.1) is 6.10 Å². The smallest absolute Gasteiger partial charge is 0.331 e. The summed E-state index contributed by atoms with van der Waals surface area (Å²) in [7, 11) is 0. The average molecular weight is 250 g/mol. The third-order valence-corrected chi connectivity index (χ3v) is 2.30. The van der Waals surface area contributed by atoms with E-state index in [1.54, 1.807) is 44.2 Å². The molecule has 0 bridgehead atoms. The highest BCUT2D eigenvalue weighted by molar-refractivity contribution is 5.87. The van der Waals surface area contributed by atoms with Crippen LogP contribution in [-0.4, -0.2) is 28.4 Å². The van der Waals surface area contributed by atoms with Crippen molar-refractivity contribution in [1.29, 1.82) is 0 Å². The molecular weight excluding hydrogens is 232 g/mol. The summed E-state index contributed by atoms with van der Waals surface area (Å²) in [5, 5.41) is 18.2. The van der Waals surface area contributed by atoms with Crippen molar-refractivity contribution >= 4 is 12.0 Å². The second-order valence-electron chi connectivity index (χ2n) is 4.26. The minimum atomic E-state index is -0.492. The van der Waals surface area contributed by atoms with E-state index < -0.39 is 12.1 Å². The van der Waals surface area contributed by atoms with E-state index in [0.717, 1.165) is 5.56 Å². The summed E-state index contributed by atoms with van der Waals surface area (Å²) >= 11 is 0. The summed E-state index contributed by atoms with van der Waals surface area (Å²) in [6.45, 7) is 3.38. The second kappa shape index (κ2) is 6.81. The maximum atomic E-state index is 11.4. The number of phenols is 1. The first kappa shape index (κ1) is 14.3. The fraction of sp³-hybridized carbons (Fsp3) is 0.357. The van der Waals surface area contributed by atoms with Crippen LogP contribution in [0.5, 0.6) is 5.75 Å². The van der Waals surface area contributed by atoms with Crippen LogP contribution in [0.15, 0.2) is 30.3 Å². The number of aromatic hydroxyl groups is 1. The number of hydrogen-bond acceptors (Lipinski definition) is 4. The Morgan fingerprint density at radius 3 is 2.50 bits per heavy atom. The first-order valence-electron chi connectivity index (χ1n) is 5.83. The minimum absolute atomic E-state index is 0.181. The lowest BCUT2D eigenvalue weighted by atomic mass is 10.2. The van der Waals surface area contributed by atoms with Gasteiger partial charge in [-0.1, -0.05) is 12.1 Å². The zero-order valence-electron chi connectivity index (χ0n) is 10.5. The number of carbonyl (C=O) groups excluding carboxylic acids is 1. The molecule has 18 heavy (non-hydrogen) atoms. The summed E-state index contributed by atoms with van der Waals surface area (Å²) in [5.41, 5.74) is 0.799. The largest absolute Gasteiger partial charge is 0.508 e. The van der Waals surface area contributed by atoms with Crippen LogP contribution in [0.1, 0.15) is 25.8 Å². The molecule has 1 aromatic rings.